The van der Waals surface area contributed by atoms with E-state index in [0.717, 1.165) is 0 Å². The van der Waals surface area contributed by atoms with E-state index in [1.807, 2.05) is 0 Å². The molecule has 2 N–H and O–H groups in total. The fourth-order valence-electron chi connectivity index (χ4n) is 1.84. The smallest absolute Gasteiger partial charge is 0.385 e. The molecular weight excluding hydrogens is 308 g/mol. The summed E-state index contributed by atoms with van der Waals surface area (Å²) in [6, 6.07) is 16.8. The molecule has 0 amide bonds. The second-order valence-electron chi connectivity index (χ2n) is 5.33. The van der Waals surface area contributed by atoms with Crippen LogP contribution in [0.15, 0.2) is 60.7 Å². The zero-order chi connectivity index (χ0) is 17.9. The predicted octanol–water partition coefficient (Wildman–Crippen LogP) is 2.61. The summed E-state index contributed by atoms with van der Waals surface area (Å²) in [5.74, 6) is -1.15. The standard InChI is InChI=1S/C14H10O3.C5H12O2/c15-13(11-7-3-1-4-8-11)14(16)17-12-9-5-2-6-10-12;1-4(6)3-5(2)7/h1-10H;4-7H,3H2,1-2H3. The number of rotatable bonds is 5. The Balaban J connectivity index is 0.000000351. The quantitative estimate of drug-likeness (QED) is 0.381. The van der Waals surface area contributed by atoms with Crippen LogP contribution in [0.2, 0.25) is 0 Å². The molecule has 24 heavy (non-hydrogen) atoms. The first-order valence-corrected chi connectivity index (χ1v) is 7.63. The maximum absolute atomic E-state index is 11.7. The predicted molar refractivity (Wildman–Crippen MR) is 90.8 cm³/mol. The number of hydrogen-bond acceptors (Lipinski definition) is 5. The minimum Gasteiger partial charge on any atom is -0.421 e. The molecular formula is C19H22O5. The van der Waals surface area contributed by atoms with Crippen molar-refractivity contribution in [1.82, 2.24) is 0 Å². The number of aliphatic hydroxyl groups is 2. The van der Waals surface area contributed by atoms with Crippen LogP contribution in [-0.4, -0.2) is 34.2 Å². The summed E-state index contributed by atoms with van der Waals surface area (Å²) < 4.78 is 4.94. The van der Waals surface area contributed by atoms with Gasteiger partial charge in [0.2, 0.25) is 0 Å². The highest BCUT2D eigenvalue weighted by molar-refractivity contribution is 6.41. The summed E-state index contributed by atoms with van der Waals surface area (Å²) in [6.07, 6.45) is -0.278. The Bertz CT molecular complexity index is 615. The van der Waals surface area contributed by atoms with Crippen LogP contribution in [0.25, 0.3) is 0 Å². The van der Waals surface area contributed by atoms with Crippen molar-refractivity contribution in [2.24, 2.45) is 0 Å². The van der Waals surface area contributed by atoms with Gasteiger partial charge in [0.25, 0.3) is 5.78 Å². The molecule has 2 atom stereocenters. The van der Waals surface area contributed by atoms with E-state index >= 15 is 0 Å². The second-order valence-corrected chi connectivity index (χ2v) is 5.33. The summed E-state index contributed by atoms with van der Waals surface area (Å²) in [6.45, 7) is 3.32. The lowest BCUT2D eigenvalue weighted by Gasteiger charge is -2.04. The van der Waals surface area contributed by atoms with Crippen molar-refractivity contribution in [3.63, 3.8) is 0 Å². The Kier molecular flexibility index (Phi) is 8.39. The number of esters is 1. The van der Waals surface area contributed by atoms with Crippen LogP contribution in [-0.2, 0) is 4.79 Å². The average molecular weight is 330 g/mol. The third kappa shape index (κ3) is 7.67. The molecule has 0 spiro atoms. The third-order valence-corrected chi connectivity index (χ3v) is 2.86. The zero-order valence-corrected chi connectivity index (χ0v) is 13.8. The van der Waals surface area contributed by atoms with Crippen LogP contribution in [0.1, 0.15) is 30.6 Å². The van der Waals surface area contributed by atoms with Crippen molar-refractivity contribution in [1.29, 1.82) is 0 Å². The van der Waals surface area contributed by atoms with E-state index < -0.39 is 11.8 Å². The molecule has 0 saturated carbocycles. The maximum Gasteiger partial charge on any atom is 0.385 e. The van der Waals surface area contributed by atoms with Crippen molar-refractivity contribution >= 4 is 11.8 Å². The van der Waals surface area contributed by atoms with Gasteiger partial charge in [0.1, 0.15) is 5.75 Å². The Labute approximate surface area is 141 Å². The van der Waals surface area contributed by atoms with Gasteiger partial charge in [-0.15, -0.1) is 0 Å². The molecule has 0 aromatic heterocycles. The molecule has 0 aliphatic rings. The Morgan fingerprint density at radius 1 is 0.875 bits per heavy atom. The van der Waals surface area contributed by atoms with Gasteiger partial charge in [0.05, 0.1) is 12.2 Å². The van der Waals surface area contributed by atoms with E-state index in [1.54, 1.807) is 74.5 Å². The minimum atomic E-state index is -0.873. The van der Waals surface area contributed by atoms with E-state index in [1.165, 1.54) is 0 Å². The van der Waals surface area contributed by atoms with Crippen LogP contribution in [0.4, 0.5) is 0 Å². The van der Waals surface area contributed by atoms with E-state index in [-0.39, 0.29) is 12.2 Å². The molecule has 0 bridgehead atoms. The number of carbonyl (C=O) groups is 2. The molecule has 0 aliphatic carbocycles. The monoisotopic (exact) mass is 330 g/mol. The lowest BCUT2D eigenvalue weighted by atomic mass is 10.1. The number of benzene rings is 2. The Morgan fingerprint density at radius 2 is 1.33 bits per heavy atom. The molecule has 2 aromatic rings. The van der Waals surface area contributed by atoms with E-state index in [0.29, 0.717) is 17.7 Å². The van der Waals surface area contributed by atoms with E-state index in [4.69, 9.17) is 14.9 Å². The number of hydrogen-bond donors (Lipinski definition) is 2. The Hall–Kier alpha value is -2.50. The minimum absolute atomic E-state index is 0.327. The fraction of sp³-hybridized carbons (Fsp3) is 0.263. The van der Waals surface area contributed by atoms with Crippen LogP contribution >= 0.6 is 0 Å². The number of ketones is 1. The lowest BCUT2D eigenvalue weighted by Crippen LogP contribution is -2.20. The number of ether oxygens (including phenoxy) is 1. The first-order valence-electron chi connectivity index (χ1n) is 7.63. The van der Waals surface area contributed by atoms with Crippen molar-refractivity contribution in [2.45, 2.75) is 32.5 Å². The molecule has 0 fully saturated rings. The second kappa shape index (κ2) is 10.3. The molecule has 5 heteroatoms. The summed E-state index contributed by atoms with van der Waals surface area (Å²) >= 11 is 0. The highest BCUT2D eigenvalue weighted by atomic mass is 16.5. The first kappa shape index (κ1) is 19.5. The lowest BCUT2D eigenvalue weighted by molar-refractivity contribution is -0.129. The van der Waals surface area contributed by atoms with Gasteiger partial charge in [-0.25, -0.2) is 4.79 Å². The first-order chi connectivity index (χ1) is 11.4. The highest BCUT2D eigenvalue weighted by Gasteiger charge is 2.17. The van der Waals surface area contributed by atoms with Gasteiger partial charge in [-0.1, -0.05) is 48.5 Å². The average Bonchev–Trinajstić information content (AvgIpc) is 2.55. The van der Waals surface area contributed by atoms with Gasteiger partial charge in [0.15, 0.2) is 0 Å². The molecule has 0 heterocycles. The molecule has 0 radical (unpaired) electrons. The highest BCUT2D eigenvalue weighted by Crippen LogP contribution is 2.10. The number of Topliss-reactive ketones (excluding diaryl/α,β-unsaturated/α-hetero) is 1. The van der Waals surface area contributed by atoms with E-state index in [9.17, 15) is 9.59 Å². The topological polar surface area (TPSA) is 83.8 Å². The van der Waals surface area contributed by atoms with Gasteiger partial charge >= 0.3 is 5.97 Å². The molecule has 2 unspecified atom stereocenters. The Morgan fingerprint density at radius 3 is 1.75 bits per heavy atom. The van der Waals surface area contributed by atoms with Crippen molar-refractivity contribution in [3.05, 3.63) is 66.2 Å². The summed E-state index contributed by atoms with van der Waals surface area (Å²) in [7, 11) is 0. The number of para-hydroxylation sites is 1. The molecule has 2 rings (SSSR count). The summed E-state index contributed by atoms with van der Waals surface area (Å²) in [5, 5.41) is 17.1. The van der Waals surface area contributed by atoms with Crippen molar-refractivity contribution in [3.8, 4) is 5.75 Å². The van der Waals surface area contributed by atoms with Crippen LogP contribution in [0.3, 0.4) is 0 Å². The molecule has 128 valence electrons. The van der Waals surface area contributed by atoms with Crippen LogP contribution < -0.4 is 4.74 Å². The fourth-order valence-corrected chi connectivity index (χ4v) is 1.84. The maximum atomic E-state index is 11.7. The number of carbonyl (C=O) groups excluding carboxylic acids is 2. The molecule has 5 nitrogen and oxygen atoms in total. The van der Waals surface area contributed by atoms with Gasteiger partial charge in [-0.05, 0) is 32.4 Å². The molecule has 0 saturated heterocycles. The van der Waals surface area contributed by atoms with Gasteiger partial charge in [0, 0.05) is 5.56 Å². The molecule has 2 aromatic carbocycles. The zero-order valence-electron chi connectivity index (χ0n) is 13.8. The van der Waals surface area contributed by atoms with Crippen LogP contribution in [0, 0.1) is 0 Å². The van der Waals surface area contributed by atoms with Crippen molar-refractivity contribution in [2.75, 3.05) is 0 Å². The molecule has 0 aliphatic heterocycles. The van der Waals surface area contributed by atoms with Crippen LogP contribution in [0.5, 0.6) is 5.75 Å². The van der Waals surface area contributed by atoms with Gasteiger partial charge in [-0.3, -0.25) is 4.79 Å². The van der Waals surface area contributed by atoms with Gasteiger partial charge in [-0.2, -0.15) is 0 Å². The largest absolute Gasteiger partial charge is 0.421 e. The van der Waals surface area contributed by atoms with E-state index in [2.05, 4.69) is 0 Å². The van der Waals surface area contributed by atoms with Gasteiger partial charge < -0.3 is 14.9 Å². The summed E-state index contributed by atoms with van der Waals surface area (Å²) in [5.41, 5.74) is 0.327. The third-order valence-electron chi connectivity index (χ3n) is 2.86. The van der Waals surface area contributed by atoms with Crippen molar-refractivity contribution < 1.29 is 24.5 Å². The number of aliphatic hydroxyl groups excluding tert-OH is 2. The summed E-state index contributed by atoms with van der Waals surface area (Å²) in [4.78, 5) is 23.2. The SMILES string of the molecule is CC(O)CC(C)O.O=C(Oc1ccccc1)C(=O)c1ccccc1. The normalized spacial score (nSPS) is 12.3.